The minimum absolute atomic E-state index is 0.589. The molecule has 0 aliphatic carbocycles. The smallest absolute Gasteiger partial charge is 0.247 e. The lowest BCUT2D eigenvalue weighted by molar-refractivity contribution is 0.415. The van der Waals surface area contributed by atoms with Gasteiger partial charge in [0.2, 0.25) is 10.0 Å². The van der Waals surface area contributed by atoms with Crippen LogP contribution in [-0.4, -0.2) is 33.9 Å². The van der Waals surface area contributed by atoms with E-state index >= 15 is 0 Å². The Hall–Kier alpha value is -1.47. The molecule has 16 heavy (non-hydrogen) atoms. The van der Waals surface area contributed by atoms with Crippen LogP contribution in [0.4, 0.5) is 11.4 Å². The molecule has 1 N–H and O–H groups in total. The van der Waals surface area contributed by atoms with Gasteiger partial charge in [-0.1, -0.05) is 0 Å². The van der Waals surface area contributed by atoms with Crippen LogP contribution in [0.15, 0.2) is 18.2 Å². The van der Waals surface area contributed by atoms with Crippen LogP contribution < -0.4 is 14.6 Å². The van der Waals surface area contributed by atoms with Crippen molar-refractivity contribution in [3.63, 3.8) is 0 Å². The Morgan fingerprint density at radius 2 is 2.06 bits per heavy atom. The molecule has 0 atom stereocenters. The molecule has 88 valence electrons. The van der Waals surface area contributed by atoms with Crippen molar-refractivity contribution in [1.82, 2.24) is 5.12 Å². The van der Waals surface area contributed by atoms with Crippen molar-refractivity contribution in [2.75, 3.05) is 30.3 Å². The second-order valence-corrected chi connectivity index (χ2v) is 5.34. The molecule has 0 spiro atoms. The zero-order chi connectivity index (χ0) is 11.9. The second kappa shape index (κ2) is 3.53. The Labute approximate surface area is 94.4 Å². The van der Waals surface area contributed by atoms with Crippen molar-refractivity contribution in [1.29, 1.82) is 0 Å². The van der Waals surface area contributed by atoms with E-state index in [0.717, 1.165) is 6.26 Å². The SMILES string of the molecule is COc1ccc2c(c1)NN(C)N2S(C)(=O)=O. The molecular formula is C9H13N3O3S. The standard InChI is InChI=1S/C9H13N3O3S/c1-11-10-8-6-7(15-2)4-5-9(8)12(11)16(3,13)14/h4-6,10H,1-3H3. The van der Waals surface area contributed by atoms with Crippen LogP contribution >= 0.6 is 0 Å². The van der Waals surface area contributed by atoms with Crippen LogP contribution in [0.25, 0.3) is 0 Å². The first-order valence-electron chi connectivity index (χ1n) is 4.62. The molecule has 0 unspecified atom stereocenters. The van der Waals surface area contributed by atoms with Gasteiger partial charge in [-0.25, -0.2) is 8.42 Å². The number of hydrogen-bond acceptors (Lipinski definition) is 5. The quantitative estimate of drug-likeness (QED) is 0.826. The van der Waals surface area contributed by atoms with Gasteiger partial charge in [0.25, 0.3) is 0 Å². The van der Waals surface area contributed by atoms with Gasteiger partial charge in [0.05, 0.1) is 24.7 Å². The molecule has 6 nitrogen and oxygen atoms in total. The van der Waals surface area contributed by atoms with E-state index in [9.17, 15) is 8.42 Å². The van der Waals surface area contributed by atoms with Crippen LogP contribution in [0.3, 0.4) is 0 Å². The highest BCUT2D eigenvalue weighted by molar-refractivity contribution is 7.92. The summed E-state index contributed by atoms with van der Waals surface area (Å²) in [5.74, 6) is 0.676. The van der Waals surface area contributed by atoms with Crippen molar-refractivity contribution in [2.24, 2.45) is 0 Å². The fraction of sp³-hybridized carbons (Fsp3) is 0.333. The van der Waals surface area contributed by atoms with Crippen LogP contribution in [0.1, 0.15) is 0 Å². The zero-order valence-corrected chi connectivity index (χ0v) is 10.1. The third kappa shape index (κ3) is 1.68. The number of ether oxygens (including phenoxy) is 1. The van der Waals surface area contributed by atoms with Gasteiger partial charge < -0.3 is 4.74 Å². The van der Waals surface area contributed by atoms with Crippen LogP contribution in [0.5, 0.6) is 5.75 Å². The number of hydrogen-bond donors (Lipinski definition) is 1. The van der Waals surface area contributed by atoms with Gasteiger partial charge in [0.1, 0.15) is 5.75 Å². The lowest BCUT2D eigenvalue weighted by atomic mass is 10.2. The highest BCUT2D eigenvalue weighted by Crippen LogP contribution is 2.37. The Morgan fingerprint density at radius 1 is 1.38 bits per heavy atom. The maximum absolute atomic E-state index is 11.6. The zero-order valence-electron chi connectivity index (χ0n) is 9.26. The first-order valence-corrected chi connectivity index (χ1v) is 6.47. The number of hydrazine groups is 2. The molecule has 0 saturated heterocycles. The topological polar surface area (TPSA) is 61.9 Å². The van der Waals surface area contributed by atoms with E-state index in [0.29, 0.717) is 17.1 Å². The Morgan fingerprint density at radius 3 is 2.62 bits per heavy atom. The van der Waals surface area contributed by atoms with E-state index < -0.39 is 10.0 Å². The lowest BCUT2D eigenvalue weighted by Gasteiger charge is -2.22. The van der Waals surface area contributed by atoms with Crippen LogP contribution in [0, 0.1) is 0 Å². The lowest BCUT2D eigenvalue weighted by Crippen LogP contribution is -2.41. The van der Waals surface area contributed by atoms with Gasteiger partial charge in [-0.3, -0.25) is 5.43 Å². The molecule has 0 saturated carbocycles. The average molecular weight is 243 g/mol. The predicted octanol–water partition coefficient (Wildman–Crippen LogP) is 0.648. The summed E-state index contributed by atoms with van der Waals surface area (Å²) in [6.45, 7) is 0. The van der Waals surface area contributed by atoms with Crippen molar-refractivity contribution >= 4 is 21.4 Å². The average Bonchev–Trinajstić information content (AvgIpc) is 2.51. The highest BCUT2D eigenvalue weighted by Gasteiger charge is 2.31. The molecular weight excluding hydrogens is 230 g/mol. The third-order valence-electron chi connectivity index (χ3n) is 2.28. The van der Waals surface area contributed by atoms with Crippen molar-refractivity contribution in [2.45, 2.75) is 0 Å². The molecule has 1 aromatic carbocycles. The number of benzene rings is 1. The van der Waals surface area contributed by atoms with Crippen LogP contribution in [-0.2, 0) is 10.0 Å². The van der Waals surface area contributed by atoms with E-state index in [-0.39, 0.29) is 0 Å². The molecule has 0 amide bonds. The normalized spacial score (nSPS) is 15.8. The van der Waals surface area contributed by atoms with Gasteiger partial charge in [-0.15, -0.1) is 5.12 Å². The number of methoxy groups -OCH3 is 1. The first-order chi connectivity index (χ1) is 7.43. The van der Waals surface area contributed by atoms with E-state index in [4.69, 9.17) is 4.74 Å². The van der Waals surface area contributed by atoms with E-state index in [1.807, 2.05) is 0 Å². The highest BCUT2D eigenvalue weighted by atomic mass is 32.2. The summed E-state index contributed by atoms with van der Waals surface area (Å²) in [5.41, 5.74) is 4.22. The van der Waals surface area contributed by atoms with Gasteiger partial charge in [-0.05, 0) is 12.1 Å². The molecule has 0 radical (unpaired) electrons. The molecule has 7 heteroatoms. The minimum atomic E-state index is -3.33. The molecule has 1 aromatic rings. The maximum Gasteiger partial charge on any atom is 0.247 e. The second-order valence-electron chi connectivity index (χ2n) is 3.52. The van der Waals surface area contributed by atoms with Gasteiger partial charge in [0.15, 0.2) is 0 Å². The summed E-state index contributed by atoms with van der Waals surface area (Å²) in [4.78, 5) is 0. The molecule has 2 rings (SSSR count). The number of fused-ring (bicyclic) bond motifs is 1. The van der Waals surface area contributed by atoms with Crippen LogP contribution in [0.2, 0.25) is 0 Å². The Balaban J connectivity index is 2.51. The van der Waals surface area contributed by atoms with Gasteiger partial charge in [0, 0.05) is 13.1 Å². The number of rotatable bonds is 2. The van der Waals surface area contributed by atoms with Crippen molar-refractivity contribution in [3.8, 4) is 5.75 Å². The minimum Gasteiger partial charge on any atom is -0.497 e. The third-order valence-corrected chi connectivity index (χ3v) is 3.35. The molecule has 1 aliphatic rings. The fourth-order valence-corrected chi connectivity index (χ4v) is 2.68. The van der Waals surface area contributed by atoms with E-state index in [1.165, 1.54) is 9.53 Å². The van der Waals surface area contributed by atoms with E-state index in [1.54, 1.807) is 32.4 Å². The monoisotopic (exact) mass is 243 g/mol. The summed E-state index contributed by atoms with van der Waals surface area (Å²) in [5, 5.41) is 1.42. The summed E-state index contributed by atoms with van der Waals surface area (Å²) < 4.78 is 29.4. The van der Waals surface area contributed by atoms with Gasteiger partial charge >= 0.3 is 0 Å². The largest absolute Gasteiger partial charge is 0.497 e. The number of nitrogens with zero attached hydrogens (tertiary/aromatic N) is 2. The molecule has 1 heterocycles. The number of anilines is 2. The number of sulfonamides is 1. The Kier molecular flexibility index (Phi) is 2.43. The molecule has 0 fully saturated rings. The van der Waals surface area contributed by atoms with Crippen molar-refractivity contribution in [3.05, 3.63) is 18.2 Å². The fourth-order valence-electron chi connectivity index (χ4n) is 1.68. The summed E-state index contributed by atoms with van der Waals surface area (Å²) in [6, 6.07) is 5.17. The Bertz CT molecular complexity index is 515. The summed E-state index contributed by atoms with van der Waals surface area (Å²) in [6.07, 6.45) is 1.16. The van der Waals surface area contributed by atoms with E-state index in [2.05, 4.69) is 5.43 Å². The summed E-state index contributed by atoms with van der Waals surface area (Å²) in [7, 11) is -0.132. The molecule has 0 bridgehead atoms. The maximum atomic E-state index is 11.6. The molecule has 0 aromatic heterocycles. The first kappa shape index (κ1) is 11.0. The predicted molar refractivity (Wildman–Crippen MR) is 61.7 cm³/mol. The molecule has 1 aliphatic heterocycles. The van der Waals surface area contributed by atoms with Crippen molar-refractivity contribution < 1.29 is 13.2 Å². The number of nitrogens with one attached hydrogen (secondary N) is 1. The summed E-state index contributed by atoms with van der Waals surface area (Å²) >= 11 is 0. The van der Waals surface area contributed by atoms with Gasteiger partial charge in [-0.2, -0.15) is 4.41 Å².